The number of hydrogen-bond acceptors (Lipinski definition) is 6. The lowest BCUT2D eigenvalue weighted by molar-refractivity contribution is -0.0468. The molecule has 0 atom stereocenters. The van der Waals surface area contributed by atoms with Gasteiger partial charge in [0, 0.05) is 42.9 Å². The summed E-state index contributed by atoms with van der Waals surface area (Å²) in [5, 5.41) is 20.0. The summed E-state index contributed by atoms with van der Waals surface area (Å²) in [6.07, 6.45) is 8.43. The second kappa shape index (κ2) is 9.76. The molecule has 2 N–H and O–H groups in total. The number of likely N-dealkylation sites (N-methyl/N-ethyl adjacent to an activating group) is 1. The molecule has 1 aromatic carbocycles. The van der Waals surface area contributed by atoms with E-state index in [4.69, 9.17) is 4.74 Å². The van der Waals surface area contributed by atoms with Crippen molar-refractivity contribution in [1.82, 2.24) is 29.5 Å². The SMILES string of the molecule is CN(CC1(O)CCN(CCCc2c[nH]c3ccc(-n4cnnc4)cc23)CC1)C(=O)OC(C)(C)C. The van der Waals surface area contributed by atoms with Gasteiger partial charge in [-0.25, -0.2) is 4.79 Å². The number of aryl methyl sites for hydroxylation is 1. The highest BCUT2D eigenvalue weighted by atomic mass is 16.6. The molecule has 0 saturated carbocycles. The molecule has 0 unspecified atom stereocenters. The summed E-state index contributed by atoms with van der Waals surface area (Å²) in [5.41, 5.74) is 2.07. The van der Waals surface area contributed by atoms with Crippen molar-refractivity contribution in [2.24, 2.45) is 0 Å². The number of rotatable bonds is 7. The van der Waals surface area contributed by atoms with Crippen LogP contribution >= 0.6 is 0 Å². The van der Waals surface area contributed by atoms with Gasteiger partial charge < -0.3 is 24.6 Å². The van der Waals surface area contributed by atoms with Crippen LogP contribution in [0.1, 0.15) is 45.6 Å². The lowest BCUT2D eigenvalue weighted by Crippen LogP contribution is -2.52. The molecule has 9 heteroatoms. The molecule has 1 aliphatic heterocycles. The van der Waals surface area contributed by atoms with Crippen molar-refractivity contribution in [3.05, 3.63) is 42.6 Å². The Morgan fingerprint density at radius 3 is 2.62 bits per heavy atom. The summed E-state index contributed by atoms with van der Waals surface area (Å²) in [6.45, 7) is 8.46. The monoisotopic (exact) mass is 468 g/mol. The van der Waals surface area contributed by atoms with Gasteiger partial charge in [-0.3, -0.25) is 4.57 Å². The number of piperidine rings is 1. The second-order valence-corrected chi connectivity index (χ2v) is 10.4. The summed E-state index contributed by atoms with van der Waals surface area (Å²) >= 11 is 0. The molecule has 4 rings (SSSR count). The van der Waals surface area contributed by atoms with Crippen molar-refractivity contribution in [2.75, 3.05) is 33.2 Å². The maximum Gasteiger partial charge on any atom is 0.410 e. The van der Waals surface area contributed by atoms with Crippen molar-refractivity contribution < 1.29 is 14.6 Å². The van der Waals surface area contributed by atoms with E-state index in [2.05, 4.69) is 44.5 Å². The van der Waals surface area contributed by atoms with Gasteiger partial charge in [-0.1, -0.05) is 0 Å². The lowest BCUT2D eigenvalue weighted by atomic mass is 9.90. The number of aromatic nitrogens is 4. The average molecular weight is 469 g/mol. The Kier molecular flexibility index (Phi) is 6.95. The van der Waals surface area contributed by atoms with Crippen LogP contribution in [0.2, 0.25) is 0 Å². The fourth-order valence-electron chi connectivity index (χ4n) is 4.56. The van der Waals surface area contributed by atoms with Crippen LogP contribution in [-0.4, -0.2) is 85.2 Å². The van der Waals surface area contributed by atoms with Crippen molar-refractivity contribution in [2.45, 2.75) is 57.7 Å². The molecule has 3 heterocycles. The van der Waals surface area contributed by atoms with Gasteiger partial charge in [-0.15, -0.1) is 10.2 Å². The molecular weight excluding hydrogens is 432 g/mol. The Hall–Kier alpha value is -2.91. The zero-order chi connectivity index (χ0) is 24.3. The molecule has 34 heavy (non-hydrogen) atoms. The molecule has 0 aliphatic carbocycles. The summed E-state index contributed by atoms with van der Waals surface area (Å²) in [7, 11) is 1.69. The molecule has 1 amide bonds. The molecule has 0 bridgehead atoms. The third kappa shape index (κ3) is 5.95. The van der Waals surface area contributed by atoms with E-state index < -0.39 is 17.3 Å². The zero-order valence-corrected chi connectivity index (χ0v) is 20.6. The standard InChI is InChI=1S/C25H36N6O3/c1-24(2,3)34-23(32)29(4)16-25(33)9-12-30(13-10-25)11-5-6-19-15-26-22-8-7-20(14-21(19)22)31-17-27-28-18-31/h7-8,14-15,17-18,26,33H,5-6,9-13,16H2,1-4H3. The van der Waals surface area contributed by atoms with Crippen LogP contribution in [0.3, 0.4) is 0 Å². The van der Waals surface area contributed by atoms with Crippen LogP contribution in [0.4, 0.5) is 4.79 Å². The molecule has 0 radical (unpaired) electrons. The third-order valence-electron chi connectivity index (χ3n) is 6.41. The first-order chi connectivity index (χ1) is 16.1. The van der Waals surface area contributed by atoms with Crippen LogP contribution in [0.25, 0.3) is 16.6 Å². The number of aromatic amines is 1. The normalized spacial score (nSPS) is 16.6. The van der Waals surface area contributed by atoms with Gasteiger partial charge >= 0.3 is 6.09 Å². The number of nitrogens with one attached hydrogen (secondary N) is 1. The van der Waals surface area contributed by atoms with Gasteiger partial charge in [0.2, 0.25) is 0 Å². The first-order valence-corrected chi connectivity index (χ1v) is 12.0. The van der Waals surface area contributed by atoms with Crippen molar-refractivity contribution in [3.8, 4) is 5.69 Å². The van der Waals surface area contributed by atoms with Gasteiger partial charge in [0.1, 0.15) is 18.3 Å². The number of likely N-dealkylation sites (tertiary alicyclic amines) is 1. The Labute approximate surface area is 200 Å². The first kappa shape index (κ1) is 24.2. The molecule has 0 spiro atoms. The minimum atomic E-state index is -0.864. The predicted octanol–water partition coefficient (Wildman–Crippen LogP) is 3.38. The first-order valence-electron chi connectivity index (χ1n) is 12.0. The average Bonchev–Trinajstić information content (AvgIpc) is 3.44. The summed E-state index contributed by atoms with van der Waals surface area (Å²) in [5.74, 6) is 0. The number of hydrogen-bond donors (Lipinski definition) is 2. The van der Waals surface area contributed by atoms with Crippen molar-refractivity contribution in [3.63, 3.8) is 0 Å². The predicted molar refractivity (Wildman–Crippen MR) is 131 cm³/mol. The number of benzene rings is 1. The molecule has 1 aliphatic rings. The topological polar surface area (TPSA) is 99.5 Å². The highest BCUT2D eigenvalue weighted by Crippen LogP contribution is 2.26. The molecule has 9 nitrogen and oxygen atoms in total. The maximum absolute atomic E-state index is 12.2. The molecular formula is C25H36N6O3. The maximum atomic E-state index is 12.2. The van der Waals surface area contributed by atoms with E-state index in [-0.39, 0.29) is 0 Å². The Morgan fingerprint density at radius 2 is 1.94 bits per heavy atom. The van der Waals surface area contributed by atoms with E-state index in [9.17, 15) is 9.90 Å². The smallest absolute Gasteiger partial charge is 0.410 e. The molecule has 2 aromatic heterocycles. The largest absolute Gasteiger partial charge is 0.444 e. The summed E-state index contributed by atoms with van der Waals surface area (Å²) < 4.78 is 7.32. The molecule has 1 fully saturated rings. The van der Waals surface area contributed by atoms with Crippen LogP contribution in [0.15, 0.2) is 37.1 Å². The fourth-order valence-corrected chi connectivity index (χ4v) is 4.56. The number of carbonyl (C=O) groups excluding carboxylic acids is 1. The van der Waals surface area contributed by atoms with Gasteiger partial charge in [-0.05, 0) is 76.8 Å². The van der Waals surface area contributed by atoms with Gasteiger partial charge in [-0.2, -0.15) is 0 Å². The number of amides is 1. The number of carbonyl (C=O) groups is 1. The zero-order valence-electron chi connectivity index (χ0n) is 20.6. The van der Waals surface area contributed by atoms with E-state index in [1.165, 1.54) is 15.8 Å². The van der Waals surface area contributed by atoms with E-state index >= 15 is 0 Å². The van der Waals surface area contributed by atoms with Gasteiger partial charge in [0.05, 0.1) is 12.1 Å². The second-order valence-electron chi connectivity index (χ2n) is 10.4. The van der Waals surface area contributed by atoms with Crippen LogP contribution in [0, 0.1) is 0 Å². The third-order valence-corrected chi connectivity index (χ3v) is 6.41. The number of aliphatic hydroxyl groups is 1. The summed E-state index contributed by atoms with van der Waals surface area (Å²) in [4.78, 5) is 19.5. The fraction of sp³-hybridized carbons (Fsp3) is 0.560. The van der Waals surface area contributed by atoms with Crippen LogP contribution in [0.5, 0.6) is 0 Å². The summed E-state index contributed by atoms with van der Waals surface area (Å²) in [6, 6.07) is 6.32. The van der Waals surface area contributed by atoms with Gasteiger partial charge in [0.15, 0.2) is 0 Å². The quantitative estimate of drug-likeness (QED) is 0.552. The van der Waals surface area contributed by atoms with Crippen molar-refractivity contribution in [1.29, 1.82) is 0 Å². The molecule has 184 valence electrons. The van der Waals surface area contributed by atoms with E-state index in [1.807, 2.05) is 25.3 Å². The van der Waals surface area contributed by atoms with Crippen LogP contribution < -0.4 is 0 Å². The van der Waals surface area contributed by atoms with E-state index in [0.717, 1.165) is 43.7 Å². The highest BCUT2D eigenvalue weighted by Gasteiger charge is 2.35. The number of fused-ring (bicyclic) bond motifs is 1. The van der Waals surface area contributed by atoms with Crippen LogP contribution in [-0.2, 0) is 11.2 Å². The molecule has 3 aromatic rings. The number of nitrogens with zero attached hydrogens (tertiary/aromatic N) is 5. The number of ether oxygens (including phenoxy) is 1. The molecule has 1 saturated heterocycles. The van der Waals surface area contributed by atoms with Gasteiger partial charge in [0.25, 0.3) is 0 Å². The minimum Gasteiger partial charge on any atom is -0.444 e. The van der Waals surface area contributed by atoms with E-state index in [0.29, 0.717) is 19.4 Å². The Bertz CT molecular complexity index is 1090. The minimum absolute atomic E-state index is 0.292. The Morgan fingerprint density at radius 1 is 1.24 bits per heavy atom. The Balaban J connectivity index is 1.26. The van der Waals surface area contributed by atoms with Crippen molar-refractivity contribution >= 4 is 17.0 Å². The highest BCUT2D eigenvalue weighted by molar-refractivity contribution is 5.85. The number of H-pyrrole nitrogens is 1. The van der Waals surface area contributed by atoms with E-state index in [1.54, 1.807) is 19.7 Å². The lowest BCUT2D eigenvalue weighted by Gasteiger charge is -2.40.